The SMILES string of the molecule is CSCC[C@H](N[14CH]=O)C(=O)N[C@@H](CC(C)C)C(=O)N[C@@H](Cc1ccccc1)C(=O)O. The number of carbonyl (C=O) groups excluding carboxylic acids is 3. The molecule has 4 N–H and O–H groups in total. The standard InChI is InChI=1S/C21H31N3O5S/c1-14(2)11-17(23-19(26)16(22-13-25)9-10-30-3)20(27)24-18(21(28)29)12-15-7-5-4-6-8-15/h4-8,13-14,16-18H,9-12H2,1-3H3,(H,22,25)(H,23,26)(H,24,27)(H,28,29)/t16-,17-,18-/m0/s1/i13+2. The summed E-state index contributed by atoms with van der Waals surface area (Å²) in [6.07, 6.45) is 3.25. The van der Waals surface area contributed by atoms with Gasteiger partial charge < -0.3 is 21.1 Å². The molecule has 9 heteroatoms. The fraction of sp³-hybridized carbons (Fsp3) is 0.524. The van der Waals surface area contributed by atoms with E-state index in [2.05, 4.69) is 16.0 Å². The topological polar surface area (TPSA) is 125 Å². The van der Waals surface area contributed by atoms with Gasteiger partial charge in [0.1, 0.15) is 18.1 Å². The molecule has 1 aromatic carbocycles. The van der Waals surface area contributed by atoms with Gasteiger partial charge in [0.05, 0.1) is 0 Å². The van der Waals surface area contributed by atoms with E-state index in [9.17, 15) is 24.3 Å². The van der Waals surface area contributed by atoms with Gasteiger partial charge in [-0.15, -0.1) is 0 Å². The van der Waals surface area contributed by atoms with E-state index in [1.807, 2.05) is 26.2 Å². The molecule has 0 aliphatic heterocycles. The zero-order chi connectivity index (χ0) is 22.5. The Hall–Kier alpha value is -2.55. The number of thioether (sulfide) groups is 1. The molecule has 1 aromatic rings. The van der Waals surface area contributed by atoms with Gasteiger partial charge in [0.15, 0.2) is 0 Å². The summed E-state index contributed by atoms with van der Waals surface area (Å²) in [7, 11) is 0. The van der Waals surface area contributed by atoms with Crippen LogP contribution in [0.5, 0.6) is 0 Å². The number of carboxylic acid groups (broad SMARTS) is 1. The Morgan fingerprint density at radius 2 is 1.63 bits per heavy atom. The van der Waals surface area contributed by atoms with E-state index in [-0.39, 0.29) is 12.3 Å². The molecule has 3 amide bonds. The summed E-state index contributed by atoms with van der Waals surface area (Å²) in [5.74, 6) is -1.43. The quantitative estimate of drug-likeness (QED) is 0.323. The molecule has 0 saturated carbocycles. The third-order valence-corrected chi connectivity index (χ3v) is 5.08. The lowest BCUT2D eigenvalue weighted by Crippen LogP contribution is -2.55. The van der Waals surface area contributed by atoms with Gasteiger partial charge in [-0.3, -0.25) is 14.4 Å². The Bertz CT molecular complexity index is 699. The Kier molecular flexibility index (Phi) is 11.6. The maximum Gasteiger partial charge on any atom is 0.326 e. The number of nitrogens with one attached hydrogen (secondary N) is 3. The molecule has 0 aliphatic carbocycles. The predicted octanol–water partition coefficient (Wildman–Crippen LogP) is 1.20. The van der Waals surface area contributed by atoms with Gasteiger partial charge in [-0.1, -0.05) is 44.2 Å². The van der Waals surface area contributed by atoms with Crippen LogP contribution >= 0.6 is 11.8 Å². The smallest absolute Gasteiger partial charge is 0.326 e. The number of aliphatic carboxylic acids is 1. The molecule has 0 unspecified atom stereocenters. The van der Waals surface area contributed by atoms with Crippen molar-refractivity contribution in [1.29, 1.82) is 0 Å². The maximum absolute atomic E-state index is 12.8. The minimum atomic E-state index is -1.15. The van der Waals surface area contributed by atoms with Gasteiger partial charge in [-0.25, -0.2) is 4.79 Å². The third kappa shape index (κ3) is 9.30. The van der Waals surface area contributed by atoms with Crippen LogP contribution in [0.25, 0.3) is 0 Å². The first-order chi connectivity index (χ1) is 14.3. The molecule has 0 heterocycles. The van der Waals surface area contributed by atoms with Crippen molar-refractivity contribution in [3.05, 3.63) is 35.9 Å². The molecule has 8 nitrogen and oxygen atoms in total. The fourth-order valence-corrected chi connectivity index (χ4v) is 3.38. The average Bonchev–Trinajstić information content (AvgIpc) is 2.70. The van der Waals surface area contributed by atoms with Crippen molar-refractivity contribution in [1.82, 2.24) is 16.0 Å². The molecule has 0 spiro atoms. The number of rotatable bonds is 14. The molecule has 166 valence electrons. The van der Waals surface area contributed by atoms with E-state index in [0.717, 1.165) is 5.56 Å². The van der Waals surface area contributed by atoms with Gasteiger partial charge in [-0.2, -0.15) is 11.8 Å². The molecule has 0 aromatic heterocycles. The normalized spacial score (nSPS) is 13.7. The van der Waals surface area contributed by atoms with E-state index in [1.165, 1.54) is 0 Å². The maximum atomic E-state index is 12.8. The van der Waals surface area contributed by atoms with E-state index < -0.39 is 35.9 Å². The minimum Gasteiger partial charge on any atom is -0.480 e. The summed E-state index contributed by atoms with van der Waals surface area (Å²) in [5, 5.41) is 17.2. The van der Waals surface area contributed by atoms with Crippen molar-refractivity contribution in [3.63, 3.8) is 0 Å². The molecule has 0 fully saturated rings. The number of amides is 3. The highest BCUT2D eigenvalue weighted by atomic mass is 32.2. The summed E-state index contributed by atoms with van der Waals surface area (Å²) in [6, 6.07) is 6.23. The Balaban J connectivity index is 2.88. The molecule has 0 radical (unpaired) electrons. The first kappa shape index (κ1) is 25.5. The van der Waals surface area contributed by atoms with Gasteiger partial charge in [-0.05, 0) is 36.3 Å². The van der Waals surface area contributed by atoms with Crippen LogP contribution in [0.15, 0.2) is 30.3 Å². The van der Waals surface area contributed by atoms with Crippen molar-refractivity contribution in [2.24, 2.45) is 5.92 Å². The van der Waals surface area contributed by atoms with Crippen LogP contribution < -0.4 is 16.0 Å². The van der Waals surface area contributed by atoms with Crippen molar-refractivity contribution < 1.29 is 24.3 Å². The lowest BCUT2D eigenvalue weighted by atomic mass is 10.0. The highest BCUT2D eigenvalue weighted by Gasteiger charge is 2.29. The third-order valence-electron chi connectivity index (χ3n) is 4.43. The van der Waals surface area contributed by atoms with Crippen molar-refractivity contribution in [3.8, 4) is 0 Å². The molecular weight excluding hydrogens is 408 g/mol. The van der Waals surface area contributed by atoms with Crippen LogP contribution in [0.3, 0.4) is 0 Å². The predicted molar refractivity (Wildman–Crippen MR) is 117 cm³/mol. The average molecular weight is 440 g/mol. The van der Waals surface area contributed by atoms with E-state index in [0.29, 0.717) is 25.0 Å². The number of carbonyl (C=O) groups is 4. The number of hydrogen-bond acceptors (Lipinski definition) is 5. The summed E-state index contributed by atoms with van der Waals surface area (Å²) in [6.45, 7) is 3.81. The van der Waals surface area contributed by atoms with Gasteiger partial charge in [0.25, 0.3) is 0 Å². The summed E-state index contributed by atoms with van der Waals surface area (Å²) in [4.78, 5) is 47.9. The highest BCUT2D eigenvalue weighted by molar-refractivity contribution is 7.98. The minimum absolute atomic E-state index is 0.0853. The van der Waals surface area contributed by atoms with E-state index in [4.69, 9.17) is 0 Å². The second kappa shape index (κ2) is 13.6. The number of carboxylic acids is 1. The molecule has 1 rings (SSSR count). The lowest BCUT2D eigenvalue weighted by molar-refractivity contribution is -0.142. The fourth-order valence-electron chi connectivity index (χ4n) is 2.91. The van der Waals surface area contributed by atoms with E-state index in [1.54, 1.807) is 36.0 Å². The first-order valence-corrected chi connectivity index (χ1v) is 11.2. The number of benzene rings is 1. The van der Waals surface area contributed by atoms with Gasteiger partial charge in [0, 0.05) is 6.42 Å². The van der Waals surface area contributed by atoms with Gasteiger partial charge >= 0.3 is 5.97 Å². The molecule has 3 atom stereocenters. The molecular formula is C21H31N3O5S. The Morgan fingerprint density at radius 3 is 2.17 bits per heavy atom. The zero-order valence-electron chi connectivity index (χ0n) is 17.6. The first-order valence-electron chi connectivity index (χ1n) is 9.84. The largest absolute Gasteiger partial charge is 0.480 e. The van der Waals surface area contributed by atoms with Crippen LogP contribution in [-0.4, -0.2) is 59.4 Å². The van der Waals surface area contributed by atoms with Crippen LogP contribution in [0, 0.1) is 5.92 Å². The van der Waals surface area contributed by atoms with Crippen LogP contribution in [0.2, 0.25) is 0 Å². The summed E-state index contributed by atoms with van der Waals surface area (Å²) >= 11 is 1.54. The molecule has 0 bridgehead atoms. The monoisotopic (exact) mass is 439 g/mol. The van der Waals surface area contributed by atoms with Crippen LogP contribution in [-0.2, 0) is 25.6 Å². The van der Waals surface area contributed by atoms with Crippen LogP contribution in [0.4, 0.5) is 0 Å². The van der Waals surface area contributed by atoms with Crippen LogP contribution in [0.1, 0.15) is 32.3 Å². The van der Waals surface area contributed by atoms with E-state index >= 15 is 0 Å². The second-order valence-electron chi connectivity index (χ2n) is 7.40. The zero-order valence-corrected chi connectivity index (χ0v) is 18.4. The second-order valence-corrected chi connectivity index (χ2v) is 8.38. The number of hydrogen-bond donors (Lipinski definition) is 4. The Morgan fingerprint density at radius 1 is 1.03 bits per heavy atom. The highest BCUT2D eigenvalue weighted by Crippen LogP contribution is 2.09. The lowest BCUT2D eigenvalue weighted by Gasteiger charge is -2.25. The van der Waals surface area contributed by atoms with Gasteiger partial charge in [0.2, 0.25) is 18.2 Å². The Labute approximate surface area is 181 Å². The van der Waals surface area contributed by atoms with Crippen molar-refractivity contribution >= 4 is 36.0 Å². The van der Waals surface area contributed by atoms with Crippen molar-refractivity contribution in [2.75, 3.05) is 12.0 Å². The van der Waals surface area contributed by atoms with Crippen molar-refractivity contribution in [2.45, 2.75) is 51.2 Å². The molecule has 0 aliphatic rings. The molecule has 0 saturated heterocycles. The summed E-state index contributed by atoms with van der Waals surface area (Å²) < 4.78 is 0. The summed E-state index contributed by atoms with van der Waals surface area (Å²) in [5.41, 5.74) is 0.780. The molecule has 30 heavy (non-hydrogen) atoms.